The fraction of sp³-hybridized carbons (Fsp3) is 0.857. The lowest BCUT2D eigenvalue weighted by atomic mass is 9.94. The van der Waals surface area contributed by atoms with Gasteiger partial charge in [-0.2, -0.15) is 0 Å². The predicted octanol–water partition coefficient (Wildman–Crippen LogP) is 1.50. The zero-order valence-electron chi connectivity index (χ0n) is 11.5. The van der Waals surface area contributed by atoms with Gasteiger partial charge < -0.3 is 4.90 Å². The van der Waals surface area contributed by atoms with Gasteiger partial charge in [0.2, 0.25) is 11.8 Å². The summed E-state index contributed by atoms with van der Waals surface area (Å²) in [5, 5.41) is 0. The van der Waals surface area contributed by atoms with Crippen LogP contribution in [-0.2, 0) is 9.59 Å². The maximum Gasteiger partial charge on any atom is 0.233 e. The van der Waals surface area contributed by atoms with Crippen LogP contribution in [0.15, 0.2) is 0 Å². The van der Waals surface area contributed by atoms with Crippen LogP contribution >= 0.6 is 0 Å². The number of carbonyl (C=O) groups is 2. The monoisotopic (exact) mass is 252 g/mol. The second kappa shape index (κ2) is 5.83. The van der Waals surface area contributed by atoms with Gasteiger partial charge in [-0.15, -0.1) is 0 Å². The van der Waals surface area contributed by atoms with Crippen LogP contribution in [0.5, 0.6) is 0 Å². The second-order valence-corrected chi connectivity index (χ2v) is 5.84. The van der Waals surface area contributed by atoms with Crippen LogP contribution in [0.1, 0.15) is 39.5 Å². The van der Waals surface area contributed by atoms with Crippen molar-refractivity contribution in [3.8, 4) is 0 Å². The van der Waals surface area contributed by atoms with Crippen molar-refractivity contribution in [2.45, 2.75) is 39.5 Å². The second-order valence-electron chi connectivity index (χ2n) is 5.84. The Labute approximate surface area is 109 Å². The maximum absolute atomic E-state index is 12.1. The Morgan fingerprint density at radius 2 is 1.78 bits per heavy atom. The molecule has 0 aromatic heterocycles. The van der Waals surface area contributed by atoms with Crippen LogP contribution in [0.3, 0.4) is 0 Å². The highest BCUT2D eigenvalue weighted by Gasteiger charge is 2.39. The summed E-state index contributed by atoms with van der Waals surface area (Å²) in [6, 6.07) is 0. The van der Waals surface area contributed by atoms with Gasteiger partial charge in [0.1, 0.15) is 0 Å². The molecule has 2 rings (SSSR count). The van der Waals surface area contributed by atoms with Crippen molar-refractivity contribution in [1.29, 1.82) is 0 Å². The highest BCUT2D eigenvalue weighted by Crippen LogP contribution is 2.26. The fourth-order valence-electron chi connectivity index (χ4n) is 2.89. The molecule has 0 spiro atoms. The van der Waals surface area contributed by atoms with E-state index in [4.69, 9.17) is 0 Å². The van der Waals surface area contributed by atoms with Crippen LogP contribution < -0.4 is 0 Å². The molecule has 2 aliphatic heterocycles. The van der Waals surface area contributed by atoms with Gasteiger partial charge in [-0.05, 0) is 31.8 Å². The van der Waals surface area contributed by atoms with E-state index < -0.39 is 0 Å². The minimum absolute atomic E-state index is 0.0238. The van der Waals surface area contributed by atoms with E-state index in [-0.39, 0.29) is 23.7 Å². The minimum Gasteiger partial charge on any atom is -0.302 e. The summed E-state index contributed by atoms with van der Waals surface area (Å²) >= 11 is 0. The van der Waals surface area contributed by atoms with Crippen molar-refractivity contribution in [3.05, 3.63) is 0 Å². The molecule has 0 radical (unpaired) electrons. The number of piperidine rings is 1. The first-order valence-electron chi connectivity index (χ1n) is 7.16. The van der Waals surface area contributed by atoms with Crippen molar-refractivity contribution in [3.63, 3.8) is 0 Å². The average Bonchev–Trinajstić information content (AvgIpc) is 2.64. The Bertz CT molecular complexity index is 322. The molecular formula is C14H24N2O2. The van der Waals surface area contributed by atoms with E-state index in [1.54, 1.807) is 0 Å². The zero-order chi connectivity index (χ0) is 13.1. The number of likely N-dealkylation sites (tertiary alicyclic amines) is 2. The Morgan fingerprint density at radius 1 is 1.11 bits per heavy atom. The van der Waals surface area contributed by atoms with Gasteiger partial charge >= 0.3 is 0 Å². The van der Waals surface area contributed by atoms with Crippen molar-refractivity contribution in [1.82, 2.24) is 9.80 Å². The van der Waals surface area contributed by atoms with Crippen LogP contribution in [0.25, 0.3) is 0 Å². The number of imide groups is 1. The summed E-state index contributed by atoms with van der Waals surface area (Å²) in [6.45, 7) is 7.70. The Balaban J connectivity index is 1.85. The molecule has 2 fully saturated rings. The number of hydrogen-bond donors (Lipinski definition) is 0. The number of nitrogens with zero attached hydrogens (tertiary/aromatic N) is 2. The Kier molecular flexibility index (Phi) is 4.38. The summed E-state index contributed by atoms with van der Waals surface area (Å²) in [5.74, 6) is 0.253. The van der Waals surface area contributed by atoms with Gasteiger partial charge in [-0.25, -0.2) is 0 Å². The molecule has 0 bridgehead atoms. The van der Waals surface area contributed by atoms with Gasteiger partial charge in [0, 0.05) is 25.4 Å². The van der Waals surface area contributed by atoms with Crippen LogP contribution in [0.2, 0.25) is 0 Å². The van der Waals surface area contributed by atoms with E-state index in [1.165, 1.54) is 24.2 Å². The van der Waals surface area contributed by atoms with Crippen molar-refractivity contribution in [2.24, 2.45) is 11.8 Å². The first-order chi connectivity index (χ1) is 8.59. The molecule has 0 aromatic carbocycles. The lowest BCUT2D eigenvalue weighted by molar-refractivity contribution is -0.140. The molecule has 4 nitrogen and oxygen atoms in total. The third-order valence-corrected chi connectivity index (χ3v) is 4.17. The number of hydrogen-bond acceptors (Lipinski definition) is 3. The Hall–Kier alpha value is -0.900. The van der Waals surface area contributed by atoms with Crippen LogP contribution in [0, 0.1) is 11.8 Å². The van der Waals surface area contributed by atoms with Gasteiger partial charge in [0.05, 0.1) is 0 Å². The molecule has 102 valence electrons. The fourth-order valence-corrected chi connectivity index (χ4v) is 2.89. The molecule has 2 heterocycles. The molecule has 0 aliphatic carbocycles. The molecule has 2 amide bonds. The summed E-state index contributed by atoms with van der Waals surface area (Å²) in [6.07, 6.45) is 4.22. The molecular weight excluding hydrogens is 228 g/mol. The van der Waals surface area contributed by atoms with E-state index in [0.717, 1.165) is 19.6 Å². The SMILES string of the molecule is CC(C)C1CC(=O)N(CCN2CCCCC2)C1=O. The largest absolute Gasteiger partial charge is 0.302 e. The van der Waals surface area contributed by atoms with Crippen LogP contribution in [-0.4, -0.2) is 47.8 Å². The third kappa shape index (κ3) is 2.91. The zero-order valence-corrected chi connectivity index (χ0v) is 11.5. The first kappa shape index (κ1) is 13.5. The first-order valence-corrected chi connectivity index (χ1v) is 7.16. The van der Waals surface area contributed by atoms with Crippen LogP contribution in [0.4, 0.5) is 0 Å². The average molecular weight is 252 g/mol. The topological polar surface area (TPSA) is 40.6 Å². The van der Waals surface area contributed by atoms with E-state index in [0.29, 0.717) is 13.0 Å². The number of rotatable bonds is 4. The maximum atomic E-state index is 12.1. The molecule has 2 aliphatic rings. The minimum atomic E-state index is -0.0844. The highest BCUT2D eigenvalue weighted by atomic mass is 16.2. The van der Waals surface area contributed by atoms with E-state index >= 15 is 0 Å². The molecule has 0 N–H and O–H groups in total. The van der Waals surface area contributed by atoms with Gasteiger partial charge in [0.25, 0.3) is 0 Å². The van der Waals surface area contributed by atoms with E-state index in [9.17, 15) is 9.59 Å². The highest BCUT2D eigenvalue weighted by molar-refractivity contribution is 6.03. The summed E-state index contributed by atoms with van der Waals surface area (Å²) < 4.78 is 0. The predicted molar refractivity (Wildman–Crippen MR) is 70.0 cm³/mol. The molecule has 0 saturated carbocycles. The number of amides is 2. The summed E-state index contributed by atoms with van der Waals surface area (Å²) in [7, 11) is 0. The van der Waals surface area contributed by atoms with Crippen molar-refractivity contribution >= 4 is 11.8 Å². The smallest absolute Gasteiger partial charge is 0.233 e. The van der Waals surface area contributed by atoms with Crippen molar-refractivity contribution < 1.29 is 9.59 Å². The quantitative estimate of drug-likeness (QED) is 0.712. The molecule has 0 aromatic rings. The molecule has 4 heteroatoms. The Morgan fingerprint density at radius 3 is 2.33 bits per heavy atom. The molecule has 1 atom stereocenters. The summed E-state index contributed by atoms with van der Waals surface area (Å²) in [5.41, 5.74) is 0. The van der Waals surface area contributed by atoms with E-state index in [1.807, 2.05) is 13.8 Å². The lowest BCUT2D eigenvalue weighted by Gasteiger charge is -2.28. The molecule has 2 saturated heterocycles. The van der Waals surface area contributed by atoms with Gasteiger partial charge in [-0.1, -0.05) is 20.3 Å². The standard InChI is InChI=1S/C14H24N2O2/c1-11(2)12-10-13(17)16(14(12)18)9-8-15-6-4-3-5-7-15/h11-12H,3-10H2,1-2H3. The van der Waals surface area contributed by atoms with E-state index in [2.05, 4.69) is 4.90 Å². The lowest BCUT2D eigenvalue weighted by Crippen LogP contribution is -2.40. The van der Waals surface area contributed by atoms with Gasteiger partial charge in [-0.3, -0.25) is 14.5 Å². The van der Waals surface area contributed by atoms with Crippen molar-refractivity contribution in [2.75, 3.05) is 26.2 Å². The summed E-state index contributed by atoms with van der Waals surface area (Å²) in [4.78, 5) is 27.8. The third-order valence-electron chi connectivity index (χ3n) is 4.17. The number of carbonyl (C=O) groups excluding carboxylic acids is 2. The normalized spacial score (nSPS) is 26.4. The molecule has 18 heavy (non-hydrogen) atoms. The molecule has 1 unspecified atom stereocenters. The van der Waals surface area contributed by atoms with Gasteiger partial charge in [0.15, 0.2) is 0 Å².